The monoisotopic (exact) mass is 382 g/mol. The van der Waals surface area contributed by atoms with E-state index >= 15 is 0 Å². The average Bonchev–Trinajstić information content (AvgIpc) is 3.12. The molecule has 0 radical (unpaired) electrons. The van der Waals surface area contributed by atoms with Crippen LogP contribution in [0.5, 0.6) is 5.75 Å². The molecule has 2 heterocycles. The predicted octanol–water partition coefficient (Wildman–Crippen LogP) is 2.41. The maximum atomic E-state index is 12.2. The van der Waals surface area contributed by atoms with Gasteiger partial charge in [0.05, 0.1) is 31.2 Å². The summed E-state index contributed by atoms with van der Waals surface area (Å²) in [4.78, 5) is 20.8. The van der Waals surface area contributed by atoms with Gasteiger partial charge in [-0.1, -0.05) is 19.1 Å². The van der Waals surface area contributed by atoms with Crippen LogP contribution in [0.25, 0.3) is 11.0 Å². The Balaban J connectivity index is 1.52. The second kappa shape index (κ2) is 9.68. The quantitative estimate of drug-likeness (QED) is 0.559. The average molecular weight is 382 g/mol. The lowest BCUT2D eigenvalue weighted by molar-refractivity contribution is -0.120. The first-order chi connectivity index (χ1) is 13.7. The van der Waals surface area contributed by atoms with E-state index < -0.39 is 0 Å². The van der Waals surface area contributed by atoms with Crippen LogP contribution in [0.4, 0.5) is 5.82 Å². The number of rotatable bonds is 10. The molecule has 2 N–H and O–H groups in total. The van der Waals surface area contributed by atoms with Gasteiger partial charge in [-0.15, -0.1) is 0 Å². The molecule has 8 nitrogen and oxygen atoms in total. The van der Waals surface area contributed by atoms with Crippen LogP contribution in [0.1, 0.15) is 25.8 Å². The third-order valence-electron chi connectivity index (χ3n) is 4.22. The maximum Gasteiger partial charge on any atom is 0.224 e. The number of ether oxygens (including phenoxy) is 1. The number of hydrogen-bond acceptors (Lipinski definition) is 6. The van der Waals surface area contributed by atoms with Gasteiger partial charge in [0, 0.05) is 13.1 Å². The van der Waals surface area contributed by atoms with E-state index in [2.05, 4.69) is 32.6 Å². The number of benzene rings is 1. The molecular weight excluding hydrogens is 356 g/mol. The Bertz CT molecular complexity index is 907. The highest BCUT2D eigenvalue weighted by Crippen LogP contribution is 2.18. The summed E-state index contributed by atoms with van der Waals surface area (Å²) in [6, 6.07) is 7.58. The highest BCUT2D eigenvalue weighted by atomic mass is 16.5. The van der Waals surface area contributed by atoms with Crippen molar-refractivity contribution in [3.63, 3.8) is 0 Å². The van der Waals surface area contributed by atoms with E-state index in [4.69, 9.17) is 4.74 Å². The van der Waals surface area contributed by atoms with Crippen molar-refractivity contribution >= 4 is 22.8 Å². The van der Waals surface area contributed by atoms with E-state index in [1.807, 2.05) is 31.2 Å². The van der Waals surface area contributed by atoms with Crippen molar-refractivity contribution in [2.24, 2.45) is 0 Å². The van der Waals surface area contributed by atoms with Gasteiger partial charge in [0.15, 0.2) is 5.65 Å². The topological polar surface area (TPSA) is 94.0 Å². The van der Waals surface area contributed by atoms with E-state index in [9.17, 15) is 4.79 Å². The van der Waals surface area contributed by atoms with Gasteiger partial charge in [-0.05, 0) is 31.0 Å². The number of nitrogens with one attached hydrogen (secondary N) is 2. The fraction of sp³-hybridized carbons (Fsp3) is 0.400. The van der Waals surface area contributed by atoms with E-state index in [1.54, 1.807) is 10.9 Å². The SMILES string of the molecule is CCCNc1ncnc2c1cnn2CCNC(=O)Cc1ccc(OCC)cc1. The smallest absolute Gasteiger partial charge is 0.224 e. The van der Waals surface area contributed by atoms with Crippen LogP contribution < -0.4 is 15.4 Å². The van der Waals surface area contributed by atoms with Gasteiger partial charge >= 0.3 is 0 Å². The molecule has 0 aliphatic rings. The molecule has 0 unspecified atom stereocenters. The number of hydrogen-bond donors (Lipinski definition) is 2. The molecule has 0 aliphatic heterocycles. The van der Waals surface area contributed by atoms with Gasteiger partial charge in [0.25, 0.3) is 0 Å². The molecule has 8 heteroatoms. The Morgan fingerprint density at radius 2 is 1.96 bits per heavy atom. The molecule has 0 atom stereocenters. The summed E-state index contributed by atoms with van der Waals surface area (Å²) < 4.78 is 7.20. The largest absolute Gasteiger partial charge is 0.494 e. The number of carbonyl (C=O) groups excluding carboxylic acids is 1. The first kappa shape index (κ1) is 19.6. The molecule has 1 amide bonds. The highest BCUT2D eigenvalue weighted by molar-refractivity contribution is 5.86. The van der Waals surface area contributed by atoms with Crippen LogP contribution in [0.3, 0.4) is 0 Å². The molecule has 28 heavy (non-hydrogen) atoms. The van der Waals surface area contributed by atoms with E-state index in [-0.39, 0.29) is 5.91 Å². The van der Waals surface area contributed by atoms with Crippen LogP contribution in [0, 0.1) is 0 Å². The van der Waals surface area contributed by atoms with Crippen LogP contribution in [0.2, 0.25) is 0 Å². The number of amides is 1. The number of aromatic nitrogens is 4. The molecule has 0 saturated heterocycles. The van der Waals surface area contributed by atoms with Crippen LogP contribution in [0.15, 0.2) is 36.8 Å². The van der Waals surface area contributed by atoms with Crippen LogP contribution in [-0.4, -0.2) is 45.4 Å². The first-order valence-electron chi connectivity index (χ1n) is 9.60. The van der Waals surface area contributed by atoms with Gasteiger partial charge in [-0.3, -0.25) is 4.79 Å². The lowest BCUT2D eigenvalue weighted by Gasteiger charge is -2.08. The van der Waals surface area contributed by atoms with Crippen molar-refractivity contribution in [2.75, 3.05) is 25.0 Å². The number of anilines is 1. The summed E-state index contributed by atoms with van der Waals surface area (Å²) in [5, 5.41) is 11.5. The summed E-state index contributed by atoms with van der Waals surface area (Å²) in [5.74, 6) is 1.57. The summed E-state index contributed by atoms with van der Waals surface area (Å²) >= 11 is 0. The van der Waals surface area contributed by atoms with Crippen LogP contribution in [-0.2, 0) is 17.8 Å². The molecule has 3 rings (SSSR count). The van der Waals surface area contributed by atoms with E-state index in [1.165, 1.54) is 6.33 Å². The Labute approximate surface area is 164 Å². The third kappa shape index (κ3) is 4.97. The summed E-state index contributed by atoms with van der Waals surface area (Å²) in [5.41, 5.74) is 1.71. The van der Waals surface area contributed by atoms with Gasteiger partial charge in [0.1, 0.15) is 17.9 Å². The summed E-state index contributed by atoms with van der Waals surface area (Å²) in [7, 11) is 0. The zero-order valence-corrected chi connectivity index (χ0v) is 16.3. The molecule has 1 aromatic carbocycles. The van der Waals surface area contributed by atoms with Crippen molar-refractivity contribution < 1.29 is 9.53 Å². The van der Waals surface area contributed by atoms with Gasteiger partial charge < -0.3 is 15.4 Å². The van der Waals surface area contributed by atoms with Crippen molar-refractivity contribution in [1.29, 1.82) is 0 Å². The molecule has 148 valence electrons. The zero-order chi connectivity index (χ0) is 19.8. The fourth-order valence-electron chi connectivity index (χ4n) is 2.86. The Hall–Kier alpha value is -3.16. The molecule has 0 aliphatic carbocycles. The minimum absolute atomic E-state index is 0.0273. The van der Waals surface area contributed by atoms with E-state index in [0.29, 0.717) is 26.1 Å². The minimum Gasteiger partial charge on any atom is -0.494 e. The maximum absolute atomic E-state index is 12.2. The zero-order valence-electron chi connectivity index (χ0n) is 16.3. The Morgan fingerprint density at radius 1 is 1.14 bits per heavy atom. The first-order valence-corrected chi connectivity index (χ1v) is 9.60. The standard InChI is InChI=1S/C20H26N6O2/c1-3-9-22-19-17-13-25-26(20(17)24-14-23-19)11-10-21-18(27)12-15-5-7-16(8-6-15)28-4-2/h5-8,13-14H,3-4,9-12H2,1-2H3,(H,21,27)(H,22,23,24). The predicted molar refractivity (Wildman–Crippen MR) is 108 cm³/mol. The van der Waals surface area contributed by atoms with Gasteiger partial charge in [0.2, 0.25) is 5.91 Å². The second-order valence-electron chi connectivity index (χ2n) is 6.36. The summed E-state index contributed by atoms with van der Waals surface area (Å²) in [6.45, 7) is 6.54. The fourth-order valence-corrected chi connectivity index (χ4v) is 2.86. The van der Waals surface area contributed by atoms with Gasteiger partial charge in [-0.25, -0.2) is 14.6 Å². The van der Waals surface area contributed by atoms with Crippen molar-refractivity contribution in [1.82, 2.24) is 25.1 Å². The normalized spacial score (nSPS) is 10.8. The summed E-state index contributed by atoms with van der Waals surface area (Å²) in [6.07, 6.45) is 4.64. The van der Waals surface area contributed by atoms with Gasteiger partial charge in [-0.2, -0.15) is 5.10 Å². The lowest BCUT2D eigenvalue weighted by Crippen LogP contribution is -2.28. The highest BCUT2D eigenvalue weighted by Gasteiger charge is 2.10. The van der Waals surface area contributed by atoms with Crippen molar-refractivity contribution in [2.45, 2.75) is 33.2 Å². The number of nitrogens with zero attached hydrogens (tertiary/aromatic N) is 4. The molecule has 0 bridgehead atoms. The Kier molecular flexibility index (Phi) is 6.78. The number of fused-ring (bicyclic) bond motifs is 1. The third-order valence-corrected chi connectivity index (χ3v) is 4.22. The molecule has 3 aromatic rings. The lowest BCUT2D eigenvalue weighted by atomic mass is 10.1. The minimum atomic E-state index is -0.0273. The number of carbonyl (C=O) groups is 1. The van der Waals surface area contributed by atoms with Crippen LogP contribution >= 0.6 is 0 Å². The molecule has 2 aromatic heterocycles. The molecular formula is C20H26N6O2. The van der Waals surface area contributed by atoms with Crippen molar-refractivity contribution in [3.8, 4) is 5.75 Å². The second-order valence-corrected chi connectivity index (χ2v) is 6.36. The molecule has 0 fully saturated rings. The Morgan fingerprint density at radius 3 is 2.71 bits per heavy atom. The van der Waals surface area contributed by atoms with Crippen molar-refractivity contribution in [3.05, 3.63) is 42.4 Å². The molecule has 0 spiro atoms. The van der Waals surface area contributed by atoms with E-state index in [0.717, 1.165) is 41.1 Å². The molecule has 0 saturated carbocycles.